The van der Waals surface area contributed by atoms with E-state index in [0.717, 1.165) is 20.8 Å². The largest absolute Gasteiger partial charge is 1.00 e. The third-order valence-corrected chi connectivity index (χ3v) is 0. The molecule has 0 amide bonds. The van der Waals surface area contributed by atoms with Crippen LogP contribution in [0.3, 0.4) is 0 Å². The number of rotatable bonds is 0. The third kappa shape index (κ3) is 9640. The van der Waals surface area contributed by atoms with Crippen LogP contribution >= 0.6 is 0 Å². The molecule has 0 unspecified atom stereocenters. The van der Waals surface area contributed by atoms with Crippen LogP contribution in [0.15, 0.2) is 0 Å². The Balaban J connectivity index is -0.0000000270. The van der Waals surface area contributed by atoms with E-state index in [2.05, 4.69) is 0 Å². The van der Waals surface area contributed by atoms with E-state index < -0.39 is 17.9 Å². The van der Waals surface area contributed by atoms with Crippen LogP contribution < -0.4 is 24.0 Å². The Bertz CT molecular complexity index is 120. The molecule has 0 rings (SSSR count). The van der Waals surface area contributed by atoms with Crippen LogP contribution in [-0.2, 0) is 33.9 Å². The zero-order valence-corrected chi connectivity index (χ0v) is 11.7. The number of hydrogen-bond donors (Lipinski definition) is 2. The van der Waals surface area contributed by atoms with Crippen molar-refractivity contribution in [3.63, 3.8) is 0 Å². The zero-order chi connectivity index (χ0) is 10.7. The Morgan fingerprint density at radius 1 is 0.929 bits per heavy atom. The molecule has 14 heavy (non-hydrogen) atoms. The summed E-state index contributed by atoms with van der Waals surface area (Å²) in [6.45, 7) is 3.14. The maximum Gasteiger partial charge on any atom is 1.00 e. The molecule has 8 heteroatoms. The maximum absolute atomic E-state index is 9.00. The van der Waals surface area contributed by atoms with Gasteiger partial charge in [0.25, 0.3) is 11.9 Å². The van der Waals surface area contributed by atoms with Crippen LogP contribution in [0.2, 0.25) is 0 Å². The minimum absolute atomic E-state index is 0. The van der Waals surface area contributed by atoms with Crippen molar-refractivity contribution in [3.05, 3.63) is 0 Å². The standard InChI is InChI=1S/3C2H4O2.Li.Zn/c3*1-2(3)4;;/h3*1H3,(H,3,4);;/q;;;+1;/p-1. The van der Waals surface area contributed by atoms with Gasteiger partial charge < -0.3 is 20.1 Å². The van der Waals surface area contributed by atoms with Crippen molar-refractivity contribution in [1.29, 1.82) is 0 Å². The monoisotopic (exact) mass is 250 g/mol. The van der Waals surface area contributed by atoms with Crippen molar-refractivity contribution in [3.8, 4) is 0 Å². The first-order valence-electron chi connectivity index (χ1n) is 2.76. The van der Waals surface area contributed by atoms with Gasteiger partial charge in [-0.15, -0.1) is 0 Å². The normalized spacial score (nSPS) is 5.36. The molecular formula is C6H11LiO6Zn. The molecule has 0 aliphatic carbocycles. The van der Waals surface area contributed by atoms with Crippen molar-refractivity contribution in [2.24, 2.45) is 0 Å². The second-order valence-corrected chi connectivity index (χ2v) is 1.53. The molecule has 0 aliphatic heterocycles. The zero-order valence-electron chi connectivity index (χ0n) is 8.73. The van der Waals surface area contributed by atoms with E-state index in [4.69, 9.17) is 29.7 Å². The Hall–Kier alpha value is -0.369. The summed E-state index contributed by atoms with van der Waals surface area (Å²) in [6.07, 6.45) is 0. The van der Waals surface area contributed by atoms with Gasteiger partial charge in [0, 0.05) is 39.3 Å². The van der Waals surface area contributed by atoms with E-state index >= 15 is 0 Å². The Morgan fingerprint density at radius 3 is 0.929 bits per heavy atom. The first-order chi connectivity index (χ1) is 5.20. The van der Waals surface area contributed by atoms with E-state index in [9.17, 15) is 0 Å². The molecule has 74 valence electrons. The maximum atomic E-state index is 9.00. The fraction of sp³-hybridized carbons (Fsp3) is 0.500. The van der Waals surface area contributed by atoms with Gasteiger partial charge in [-0.25, -0.2) is 0 Å². The fourth-order valence-electron chi connectivity index (χ4n) is 0. The molecular weight excluding hydrogens is 240 g/mol. The van der Waals surface area contributed by atoms with Gasteiger partial charge in [0.15, 0.2) is 0 Å². The van der Waals surface area contributed by atoms with Gasteiger partial charge in [0.05, 0.1) is 0 Å². The molecule has 0 radical (unpaired) electrons. The van der Waals surface area contributed by atoms with Crippen molar-refractivity contribution in [2.45, 2.75) is 20.8 Å². The van der Waals surface area contributed by atoms with Gasteiger partial charge in [-0.05, 0) is 6.92 Å². The van der Waals surface area contributed by atoms with Crippen LogP contribution in [0, 0.1) is 0 Å². The van der Waals surface area contributed by atoms with Crippen LogP contribution in [0.25, 0.3) is 0 Å². The minimum Gasteiger partial charge on any atom is -0.550 e. The molecule has 0 spiro atoms. The van der Waals surface area contributed by atoms with E-state index in [1.54, 1.807) is 0 Å². The molecule has 0 fully saturated rings. The van der Waals surface area contributed by atoms with Gasteiger partial charge in [-0.1, -0.05) is 0 Å². The average molecular weight is 251 g/mol. The molecule has 0 aromatic heterocycles. The SMILES string of the molecule is CC(=O)O.CC(=O)O.CC(=O)[O-].[Li+].[Zn]. The molecule has 0 saturated heterocycles. The number of hydrogen-bond acceptors (Lipinski definition) is 4. The van der Waals surface area contributed by atoms with E-state index in [0.29, 0.717) is 0 Å². The number of aliphatic carboxylic acids is 3. The second-order valence-electron chi connectivity index (χ2n) is 1.53. The van der Waals surface area contributed by atoms with Crippen LogP contribution in [-0.4, -0.2) is 28.1 Å². The topological polar surface area (TPSA) is 115 Å². The number of carbonyl (C=O) groups is 3. The van der Waals surface area contributed by atoms with Crippen molar-refractivity contribution in [1.82, 2.24) is 0 Å². The van der Waals surface area contributed by atoms with Gasteiger partial charge in [-0.3, -0.25) is 9.59 Å². The summed E-state index contributed by atoms with van der Waals surface area (Å²) in [7, 11) is 0. The Kier molecular flexibility index (Phi) is 47.8. The smallest absolute Gasteiger partial charge is 0.550 e. The summed E-state index contributed by atoms with van der Waals surface area (Å²) in [6, 6.07) is 0. The number of carboxylic acid groups (broad SMARTS) is 3. The number of carbonyl (C=O) groups excluding carboxylic acids is 1. The molecule has 0 aromatic carbocycles. The van der Waals surface area contributed by atoms with E-state index in [1.165, 1.54) is 0 Å². The minimum atomic E-state index is -1.08. The van der Waals surface area contributed by atoms with Gasteiger partial charge in [0.1, 0.15) is 0 Å². The molecule has 0 aliphatic rings. The predicted molar refractivity (Wildman–Crippen MR) is 37.3 cm³/mol. The Labute approximate surface area is 107 Å². The predicted octanol–water partition coefficient (Wildman–Crippen LogP) is -4.06. The summed E-state index contributed by atoms with van der Waals surface area (Å²) >= 11 is 0. The molecule has 0 atom stereocenters. The molecule has 0 bridgehead atoms. The van der Waals surface area contributed by atoms with Crippen LogP contribution in [0.1, 0.15) is 20.8 Å². The van der Waals surface area contributed by atoms with E-state index in [-0.39, 0.29) is 38.3 Å². The average Bonchev–Trinajstić information content (AvgIpc) is 1.54. The summed E-state index contributed by atoms with van der Waals surface area (Å²) in [5, 5.41) is 23.7. The van der Waals surface area contributed by atoms with Crippen molar-refractivity contribution < 1.29 is 68.0 Å². The second kappa shape index (κ2) is 22.9. The third-order valence-electron chi connectivity index (χ3n) is 0. The van der Waals surface area contributed by atoms with Crippen molar-refractivity contribution in [2.75, 3.05) is 0 Å². The van der Waals surface area contributed by atoms with Crippen molar-refractivity contribution >= 4 is 17.9 Å². The van der Waals surface area contributed by atoms with Gasteiger partial charge in [-0.2, -0.15) is 0 Å². The Morgan fingerprint density at radius 2 is 0.929 bits per heavy atom. The summed E-state index contributed by atoms with van der Waals surface area (Å²) in [5.41, 5.74) is 0. The van der Waals surface area contributed by atoms with Crippen LogP contribution in [0.4, 0.5) is 0 Å². The molecule has 6 nitrogen and oxygen atoms in total. The first kappa shape index (κ1) is 29.2. The first-order valence-corrected chi connectivity index (χ1v) is 2.76. The van der Waals surface area contributed by atoms with Gasteiger partial charge in [0.2, 0.25) is 0 Å². The summed E-state index contributed by atoms with van der Waals surface area (Å²) in [4.78, 5) is 26.9. The molecule has 0 saturated carbocycles. The molecule has 0 heterocycles. The summed E-state index contributed by atoms with van der Waals surface area (Å²) in [5.74, 6) is -2.75. The van der Waals surface area contributed by atoms with Gasteiger partial charge >= 0.3 is 18.9 Å². The number of carboxylic acids is 3. The van der Waals surface area contributed by atoms with E-state index in [1.807, 2.05) is 0 Å². The summed E-state index contributed by atoms with van der Waals surface area (Å²) < 4.78 is 0. The molecule has 2 N–H and O–H groups in total. The fourth-order valence-corrected chi connectivity index (χ4v) is 0. The molecule has 0 aromatic rings. The van der Waals surface area contributed by atoms with Crippen LogP contribution in [0.5, 0.6) is 0 Å². The quantitative estimate of drug-likeness (QED) is 0.423.